The van der Waals surface area contributed by atoms with Gasteiger partial charge in [-0.05, 0) is 23.2 Å². The monoisotopic (exact) mass is 398 g/mol. The Morgan fingerprint density at radius 3 is 1.57 bits per heavy atom. The average molecular weight is 400 g/mol. The van der Waals surface area contributed by atoms with Crippen LogP contribution in [0.2, 0.25) is 15.7 Å². The van der Waals surface area contributed by atoms with Crippen LogP contribution in [0.3, 0.4) is 0 Å². The van der Waals surface area contributed by atoms with Crippen LogP contribution in [0.1, 0.15) is 11.1 Å². The molecule has 0 radical (unpaired) electrons. The Hall–Kier alpha value is -1.39. The Kier molecular flexibility index (Phi) is 6.37. The molecule has 0 aromatic carbocycles. The van der Waals surface area contributed by atoms with Gasteiger partial charge < -0.3 is 0 Å². The molecule has 4 nitrogen and oxygen atoms in total. The topological polar surface area (TPSA) is 51.6 Å². The van der Waals surface area contributed by atoms with Crippen LogP contribution in [0.5, 0.6) is 0 Å². The third-order valence-electron chi connectivity index (χ3n) is 1.97. The van der Waals surface area contributed by atoms with Crippen molar-refractivity contribution in [3.05, 3.63) is 45.4 Å². The molecule has 0 aliphatic carbocycles. The predicted octanol–water partition coefficient (Wildman–Crippen LogP) is 4.95. The zero-order valence-corrected chi connectivity index (χ0v) is 12.7. The van der Waals surface area contributed by atoms with E-state index in [-0.39, 0.29) is 10.6 Å². The number of aromatic nitrogens is 4. The van der Waals surface area contributed by atoms with Crippen molar-refractivity contribution in [1.29, 1.82) is 0 Å². The van der Waals surface area contributed by atoms with Gasteiger partial charge in [0.15, 0.2) is 0 Å². The van der Waals surface area contributed by atoms with E-state index in [1.165, 1.54) is 0 Å². The lowest BCUT2D eigenvalue weighted by Crippen LogP contribution is -2.07. The molecule has 2 aromatic heterocycles. The van der Waals surface area contributed by atoms with Gasteiger partial charge in [0.1, 0.15) is 10.7 Å². The van der Waals surface area contributed by atoms with Crippen LogP contribution < -0.4 is 0 Å². The summed E-state index contributed by atoms with van der Waals surface area (Å²) < 4.78 is 71.3. The molecule has 0 fully saturated rings. The quantitative estimate of drug-likeness (QED) is 0.357. The van der Waals surface area contributed by atoms with E-state index >= 15 is 0 Å². The minimum Gasteiger partial charge on any atom is -0.226 e. The molecule has 23 heavy (non-hydrogen) atoms. The minimum absolute atomic E-state index is 0.196. The van der Waals surface area contributed by atoms with E-state index in [1.807, 2.05) is 0 Å². The van der Waals surface area contributed by atoms with Crippen molar-refractivity contribution in [1.82, 2.24) is 19.9 Å². The molecule has 0 saturated heterocycles. The van der Waals surface area contributed by atoms with Gasteiger partial charge in [-0.3, -0.25) is 0 Å². The van der Waals surface area contributed by atoms with E-state index in [4.69, 9.17) is 34.8 Å². The summed E-state index contributed by atoms with van der Waals surface area (Å²) in [5.41, 5.74) is -1.99. The van der Waals surface area contributed by atoms with Crippen LogP contribution in [0.15, 0.2) is 18.6 Å². The van der Waals surface area contributed by atoms with Gasteiger partial charge in [-0.1, -0.05) is 11.6 Å². The maximum Gasteiger partial charge on any atom is 0.420 e. The molecular weight excluding hydrogens is 396 g/mol. The van der Waals surface area contributed by atoms with E-state index in [1.54, 1.807) is 0 Å². The average Bonchev–Trinajstić information content (AvgIpc) is 2.37. The molecule has 0 aliphatic heterocycles. The molecule has 2 heterocycles. The summed E-state index contributed by atoms with van der Waals surface area (Å²) >= 11 is 15.5. The molecule has 0 aliphatic rings. The lowest BCUT2D eigenvalue weighted by Gasteiger charge is -2.06. The molecular formula is C10H3Cl3F6N4. The highest BCUT2D eigenvalue weighted by Gasteiger charge is 2.34. The highest BCUT2D eigenvalue weighted by Crippen LogP contribution is 2.33. The molecule has 0 amide bonds. The summed E-state index contributed by atoms with van der Waals surface area (Å²) in [5.74, 6) is 0. The molecule has 0 saturated carbocycles. The van der Waals surface area contributed by atoms with Gasteiger partial charge in [0.05, 0.1) is 5.56 Å². The maximum absolute atomic E-state index is 12.0. The largest absolute Gasteiger partial charge is 0.420 e. The number of rotatable bonds is 0. The first-order chi connectivity index (χ1) is 10.4. The molecule has 0 N–H and O–H groups in total. The van der Waals surface area contributed by atoms with E-state index < -0.39 is 28.6 Å². The third kappa shape index (κ3) is 6.32. The van der Waals surface area contributed by atoms with Gasteiger partial charge in [0, 0.05) is 18.6 Å². The van der Waals surface area contributed by atoms with Crippen molar-refractivity contribution >= 4 is 34.8 Å². The first-order valence-corrected chi connectivity index (χ1v) is 6.34. The third-order valence-corrected chi connectivity index (χ3v) is 2.63. The number of hydrogen-bond acceptors (Lipinski definition) is 4. The molecule has 0 unspecified atom stereocenters. The molecule has 13 heteroatoms. The van der Waals surface area contributed by atoms with E-state index in [2.05, 4.69) is 19.9 Å². The molecule has 126 valence electrons. The number of hydrogen-bond donors (Lipinski definition) is 0. The second-order valence-electron chi connectivity index (χ2n) is 3.58. The van der Waals surface area contributed by atoms with E-state index in [9.17, 15) is 26.3 Å². The van der Waals surface area contributed by atoms with Gasteiger partial charge in [-0.2, -0.15) is 26.3 Å². The van der Waals surface area contributed by atoms with E-state index in [0.29, 0.717) is 18.6 Å². The fourth-order valence-electron chi connectivity index (χ4n) is 0.990. The maximum atomic E-state index is 12.0. The van der Waals surface area contributed by atoms with Crippen LogP contribution >= 0.6 is 34.8 Å². The summed E-state index contributed by atoms with van der Waals surface area (Å²) in [7, 11) is 0. The summed E-state index contributed by atoms with van der Waals surface area (Å²) in [4.78, 5) is 12.7. The van der Waals surface area contributed by atoms with Crippen LogP contribution in [-0.4, -0.2) is 19.9 Å². The van der Waals surface area contributed by atoms with Gasteiger partial charge in [0.25, 0.3) is 0 Å². The van der Waals surface area contributed by atoms with Crippen molar-refractivity contribution in [2.75, 3.05) is 0 Å². The second-order valence-corrected chi connectivity index (χ2v) is 4.61. The van der Waals surface area contributed by atoms with Crippen molar-refractivity contribution < 1.29 is 26.3 Å². The van der Waals surface area contributed by atoms with Crippen molar-refractivity contribution in [3.8, 4) is 0 Å². The molecule has 2 aromatic rings. The van der Waals surface area contributed by atoms with Crippen LogP contribution in [0.4, 0.5) is 26.3 Å². The summed E-state index contributed by atoms with van der Waals surface area (Å²) in [6.07, 6.45) is -7.13. The SMILES string of the molecule is FC(F)(F)c1cnc(Cl)nc1.FC(F)(F)c1cnc(Cl)nc1Cl. The number of alkyl halides is 6. The minimum atomic E-state index is -4.54. The van der Waals surface area contributed by atoms with Gasteiger partial charge in [0.2, 0.25) is 10.6 Å². The first kappa shape index (κ1) is 19.7. The first-order valence-electron chi connectivity index (χ1n) is 5.21. The summed E-state index contributed by atoms with van der Waals surface area (Å²) in [5, 5.41) is -1.20. The van der Waals surface area contributed by atoms with Gasteiger partial charge in [-0.25, -0.2) is 19.9 Å². The fourth-order valence-corrected chi connectivity index (χ4v) is 1.50. The molecule has 2 rings (SSSR count). The van der Waals surface area contributed by atoms with Crippen molar-refractivity contribution in [3.63, 3.8) is 0 Å². The van der Waals surface area contributed by atoms with Crippen molar-refractivity contribution in [2.24, 2.45) is 0 Å². The Balaban J connectivity index is 0.000000231. The smallest absolute Gasteiger partial charge is 0.226 e. The fraction of sp³-hybridized carbons (Fsp3) is 0.200. The molecule has 0 bridgehead atoms. The normalized spacial score (nSPS) is 11.7. The Morgan fingerprint density at radius 1 is 0.696 bits per heavy atom. The number of nitrogens with zero attached hydrogens (tertiary/aromatic N) is 4. The summed E-state index contributed by atoms with van der Waals surface area (Å²) in [6.45, 7) is 0. The summed E-state index contributed by atoms with van der Waals surface area (Å²) in [6, 6.07) is 0. The molecule has 0 spiro atoms. The van der Waals surface area contributed by atoms with E-state index in [0.717, 1.165) is 0 Å². The zero-order chi connectivity index (χ0) is 17.8. The lowest BCUT2D eigenvalue weighted by molar-refractivity contribution is -0.138. The lowest BCUT2D eigenvalue weighted by atomic mass is 10.3. The van der Waals surface area contributed by atoms with Crippen LogP contribution in [0, 0.1) is 0 Å². The Morgan fingerprint density at radius 2 is 1.17 bits per heavy atom. The highest BCUT2D eigenvalue weighted by molar-refractivity contribution is 6.32. The molecule has 0 atom stereocenters. The highest BCUT2D eigenvalue weighted by atomic mass is 35.5. The zero-order valence-electron chi connectivity index (χ0n) is 10.4. The predicted molar refractivity (Wildman–Crippen MR) is 69.1 cm³/mol. The standard InChI is InChI=1S/C5HCl2F3N2.C5H2ClF3N2/c6-3-2(5(8,9)10)1-11-4(7)12-3;6-4-10-1-3(2-11-4)5(7,8)9/h1H;1-2H. The van der Waals surface area contributed by atoms with Gasteiger partial charge >= 0.3 is 12.4 Å². The second kappa shape index (κ2) is 7.45. The Labute approximate surface area is 139 Å². The Bertz CT molecular complexity index is 659. The van der Waals surface area contributed by atoms with Gasteiger partial charge in [-0.15, -0.1) is 0 Å². The van der Waals surface area contributed by atoms with Crippen molar-refractivity contribution in [2.45, 2.75) is 12.4 Å². The number of halogens is 9. The van der Waals surface area contributed by atoms with Crippen LogP contribution in [0.25, 0.3) is 0 Å². The van der Waals surface area contributed by atoms with Crippen LogP contribution in [-0.2, 0) is 12.4 Å².